The van der Waals surface area contributed by atoms with E-state index in [1.54, 1.807) is 13.0 Å². The van der Waals surface area contributed by atoms with E-state index in [0.29, 0.717) is 19.3 Å². The average molecular weight is 677 g/mol. The third kappa shape index (κ3) is 5.88. The first kappa shape index (κ1) is 35.3. The van der Waals surface area contributed by atoms with Crippen molar-refractivity contribution < 1.29 is 57.4 Å². The molecule has 48 heavy (non-hydrogen) atoms. The van der Waals surface area contributed by atoms with E-state index in [9.17, 15) is 24.3 Å². The zero-order chi connectivity index (χ0) is 34.8. The Bertz CT molecular complexity index is 1330. The van der Waals surface area contributed by atoms with Gasteiger partial charge in [0.05, 0.1) is 17.8 Å². The number of aliphatic hydroxyl groups is 1. The van der Waals surface area contributed by atoms with Gasteiger partial charge in [0.25, 0.3) is 0 Å². The molecule has 0 aromatic rings. The maximum absolute atomic E-state index is 12.7. The first-order chi connectivity index (χ1) is 22.6. The van der Waals surface area contributed by atoms with Crippen LogP contribution in [-0.4, -0.2) is 91.2 Å². The lowest BCUT2D eigenvalue weighted by molar-refractivity contribution is -0.318. The number of methoxy groups -OCH3 is 1. The van der Waals surface area contributed by atoms with Gasteiger partial charge in [0.1, 0.15) is 18.8 Å². The highest BCUT2D eigenvalue weighted by Crippen LogP contribution is 2.70. The fourth-order valence-corrected chi connectivity index (χ4v) is 11.1. The molecule has 0 amide bonds. The van der Waals surface area contributed by atoms with Gasteiger partial charge in [-0.1, -0.05) is 13.8 Å². The van der Waals surface area contributed by atoms with Crippen LogP contribution in [0.5, 0.6) is 0 Å². The van der Waals surface area contributed by atoms with Crippen LogP contribution in [0.4, 0.5) is 0 Å². The summed E-state index contributed by atoms with van der Waals surface area (Å²) in [5.41, 5.74) is -0.837. The Morgan fingerprint density at radius 2 is 1.60 bits per heavy atom. The van der Waals surface area contributed by atoms with Crippen LogP contribution < -0.4 is 0 Å². The number of carbonyl (C=O) groups is 4. The van der Waals surface area contributed by atoms with Gasteiger partial charge in [-0.2, -0.15) is 0 Å². The van der Waals surface area contributed by atoms with Crippen LogP contribution >= 0.6 is 0 Å². The molecule has 5 fully saturated rings. The van der Waals surface area contributed by atoms with Gasteiger partial charge in [-0.05, 0) is 87.0 Å². The Kier molecular flexibility index (Phi) is 9.54. The minimum atomic E-state index is -0.968. The molecule has 1 N–H and O–H groups in total. The van der Waals surface area contributed by atoms with E-state index in [0.717, 1.165) is 37.7 Å². The number of ether oxygens (including phenoxy) is 7. The monoisotopic (exact) mass is 676 g/mol. The summed E-state index contributed by atoms with van der Waals surface area (Å²) in [5, 5.41) is 12.7. The Hall–Kier alpha value is -2.54. The Balaban J connectivity index is 1.23. The predicted molar refractivity (Wildman–Crippen MR) is 168 cm³/mol. The molecular weight excluding hydrogens is 624 g/mol. The molecule has 4 saturated carbocycles. The summed E-state index contributed by atoms with van der Waals surface area (Å²) in [7, 11) is 1.48. The quantitative estimate of drug-likeness (QED) is 0.237. The Labute approximate surface area is 282 Å². The first-order valence-corrected chi connectivity index (χ1v) is 17.6. The third-order valence-corrected chi connectivity index (χ3v) is 13.1. The fraction of sp³-hybridized carbons (Fsp3) is 0.833. The van der Waals surface area contributed by atoms with Crippen molar-refractivity contribution in [3.8, 4) is 0 Å². The second kappa shape index (κ2) is 13.0. The van der Waals surface area contributed by atoms with E-state index in [4.69, 9.17) is 33.2 Å². The normalized spacial score (nSPS) is 46.7. The van der Waals surface area contributed by atoms with E-state index in [2.05, 4.69) is 13.8 Å². The molecule has 0 radical (unpaired) electrons. The summed E-state index contributed by atoms with van der Waals surface area (Å²) in [4.78, 5) is 48.6. The van der Waals surface area contributed by atoms with Crippen LogP contribution in [0.2, 0.25) is 0 Å². The molecule has 1 saturated heterocycles. The highest BCUT2D eigenvalue weighted by atomic mass is 16.7. The zero-order valence-electron chi connectivity index (χ0n) is 29.2. The van der Waals surface area contributed by atoms with Crippen molar-refractivity contribution >= 4 is 23.9 Å². The molecule has 6 rings (SSSR count). The summed E-state index contributed by atoms with van der Waals surface area (Å²) in [6, 6.07) is 0. The lowest BCUT2D eigenvalue weighted by Gasteiger charge is -2.65. The van der Waals surface area contributed by atoms with Crippen molar-refractivity contribution in [3.63, 3.8) is 0 Å². The van der Waals surface area contributed by atoms with E-state index in [-0.39, 0.29) is 59.8 Å². The van der Waals surface area contributed by atoms with Crippen LogP contribution in [0.15, 0.2) is 11.6 Å². The van der Waals surface area contributed by atoms with Crippen LogP contribution in [0.1, 0.15) is 92.9 Å². The summed E-state index contributed by atoms with van der Waals surface area (Å²) >= 11 is 0. The number of carbonyl (C=O) groups excluding carboxylic acids is 4. The molecule has 0 spiro atoms. The number of cyclic esters (lactones) is 1. The average Bonchev–Trinajstić information content (AvgIpc) is 3.54. The molecule has 268 valence electrons. The molecule has 14 atom stereocenters. The van der Waals surface area contributed by atoms with Crippen molar-refractivity contribution in [3.05, 3.63) is 11.6 Å². The molecule has 0 aromatic carbocycles. The highest BCUT2D eigenvalue weighted by molar-refractivity contribution is 5.85. The van der Waals surface area contributed by atoms with E-state index >= 15 is 0 Å². The van der Waals surface area contributed by atoms with Crippen LogP contribution in [-0.2, 0) is 52.3 Å². The molecule has 0 bridgehead atoms. The van der Waals surface area contributed by atoms with Gasteiger partial charge in [-0.15, -0.1) is 0 Å². The Morgan fingerprint density at radius 1 is 0.917 bits per heavy atom. The maximum atomic E-state index is 12.7. The van der Waals surface area contributed by atoms with Gasteiger partial charge in [-0.25, -0.2) is 4.79 Å². The van der Waals surface area contributed by atoms with Gasteiger partial charge >= 0.3 is 23.9 Å². The molecule has 12 nitrogen and oxygen atoms in total. The number of hydrogen-bond donors (Lipinski definition) is 1. The third-order valence-electron chi connectivity index (χ3n) is 13.1. The molecule has 6 aliphatic rings. The smallest absolute Gasteiger partial charge is 0.331 e. The van der Waals surface area contributed by atoms with Gasteiger partial charge in [0, 0.05) is 45.3 Å². The van der Waals surface area contributed by atoms with Crippen LogP contribution in [0, 0.1) is 34.5 Å². The van der Waals surface area contributed by atoms with Crippen LogP contribution in [0.3, 0.4) is 0 Å². The standard InChI is InChI=1S/C36H52O12/c1-18-30(46-20(3)38)31(42-7)32(47-21(4)39)33(44-18)48-24-10-12-34(5)23(15-24)8-9-26-29(34)27(45-19(2)37)16-35(6)25(11-13-36(26,35)41)22-14-28(40)43-17-22/h14,18,23-27,29-33,41H,8-13,15-17H2,1-7H3/t18-,23+,24+,25+,26+,27+,29+,30-,31+,32+,33+,34+,35+,36+/m0/s1. The Morgan fingerprint density at radius 3 is 2.23 bits per heavy atom. The van der Waals surface area contributed by atoms with Crippen molar-refractivity contribution in [2.45, 2.75) is 141 Å². The van der Waals surface area contributed by atoms with E-state index < -0.39 is 53.7 Å². The first-order valence-electron chi connectivity index (χ1n) is 17.6. The largest absolute Gasteiger partial charge is 0.462 e. The van der Waals surface area contributed by atoms with Gasteiger partial charge in [-0.3, -0.25) is 14.4 Å². The topological polar surface area (TPSA) is 153 Å². The van der Waals surface area contributed by atoms with E-state index in [1.807, 2.05) is 0 Å². The number of esters is 4. The predicted octanol–water partition coefficient (Wildman–Crippen LogP) is 3.79. The number of hydrogen-bond acceptors (Lipinski definition) is 12. The van der Waals surface area contributed by atoms with Crippen molar-refractivity contribution in [2.75, 3.05) is 13.7 Å². The van der Waals surface area contributed by atoms with Crippen molar-refractivity contribution in [1.82, 2.24) is 0 Å². The second-order valence-electron chi connectivity index (χ2n) is 15.6. The highest BCUT2D eigenvalue weighted by Gasteiger charge is 2.71. The molecule has 2 heterocycles. The molecule has 12 heteroatoms. The van der Waals surface area contributed by atoms with E-state index in [1.165, 1.54) is 27.9 Å². The zero-order valence-corrected chi connectivity index (χ0v) is 29.2. The van der Waals surface area contributed by atoms with Crippen molar-refractivity contribution in [1.29, 1.82) is 0 Å². The second-order valence-corrected chi connectivity index (χ2v) is 15.6. The fourth-order valence-electron chi connectivity index (χ4n) is 11.1. The molecular formula is C36H52O12. The summed E-state index contributed by atoms with van der Waals surface area (Å²) in [6.07, 6.45) is 2.78. The molecule has 2 aliphatic heterocycles. The number of fused-ring (bicyclic) bond motifs is 5. The van der Waals surface area contributed by atoms with Gasteiger partial charge < -0.3 is 38.3 Å². The minimum absolute atomic E-state index is 0.0259. The van der Waals surface area contributed by atoms with Gasteiger partial charge in [0.2, 0.25) is 0 Å². The lowest BCUT2D eigenvalue weighted by atomic mass is 9.42. The summed E-state index contributed by atoms with van der Waals surface area (Å²) < 4.78 is 41.1. The molecule has 0 aromatic heterocycles. The van der Waals surface area contributed by atoms with Crippen molar-refractivity contribution in [2.24, 2.45) is 34.5 Å². The van der Waals surface area contributed by atoms with Gasteiger partial charge in [0.15, 0.2) is 18.5 Å². The van der Waals surface area contributed by atoms with Crippen LogP contribution in [0.25, 0.3) is 0 Å². The summed E-state index contributed by atoms with van der Waals surface area (Å²) in [5.74, 6) is -1.60. The molecule has 0 unspecified atom stereocenters. The minimum Gasteiger partial charge on any atom is -0.462 e. The summed E-state index contributed by atoms with van der Waals surface area (Å²) in [6.45, 7) is 10.5. The SMILES string of the molecule is CO[C@@H]1[C@@H](OC(C)=O)[C@H](C)O[C@H](O[C@@H]2CC[C@]3(C)[C@H](CC[C@@H]4[C@@H]3[C@H](OC(C)=O)C[C@]3(C)[C@@H](C5=CC(=O)OC5)CC[C@@]43O)C2)[C@@H]1OC(C)=O. The molecule has 4 aliphatic carbocycles. The lowest BCUT2D eigenvalue weighted by Crippen LogP contribution is -2.67. The number of rotatable bonds is 7. The maximum Gasteiger partial charge on any atom is 0.331 e.